The van der Waals surface area contributed by atoms with E-state index in [1.54, 1.807) is 0 Å². The molecule has 1 aliphatic heterocycles. The minimum atomic E-state index is 0.0581. The highest BCUT2D eigenvalue weighted by molar-refractivity contribution is 5.63. The minimum absolute atomic E-state index is 0.0581. The van der Waals surface area contributed by atoms with Crippen molar-refractivity contribution in [2.24, 2.45) is 0 Å². The highest BCUT2D eigenvalue weighted by Crippen LogP contribution is 2.26. The number of aromatic amines is 1. The SMILES string of the molecule is C=C1OCCc2c1c[nH]c2CO. The Morgan fingerprint density at radius 2 is 2.50 bits per heavy atom. The van der Waals surface area contributed by atoms with Gasteiger partial charge in [-0.1, -0.05) is 6.58 Å². The van der Waals surface area contributed by atoms with E-state index in [-0.39, 0.29) is 6.61 Å². The first-order chi connectivity index (χ1) is 5.83. The molecule has 0 saturated carbocycles. The molecule has 0 unspecified atom stereocenters. The van der Waals surface area contributed by atoms with Crippen LogP contribution in [-0.4, -0.2) is 16.7 Å². The number of ether oxygens (including phenoxy) is 1. The highest BCUT2D eigenvalue weighted by atomic mass is 16.5. The Bertz CT molecular complexity index is 314. The molecule has 0 fully saturated rings. The molecule has 12 heavy (non-hydrogen) atoms. The van der Waals surface area contributed by atoms with Crippen LogP contribution in [0.3, 0.4) is 0 Å². The predicted octanol–water partition coefficient (Wildman–Crippen LogP) is 1.05. The summed E-state index contributed by atoms with van der Waals surface area (Å²) < 4.78 is 5.27. The van der Waals surface area contributed by atoms with Crippen molar-refractivity contribution < 1.29 is 9.84 Å². The van der Waals surface area contributed by atoms with Gasteiger partial charge in [0.25, 0.3) is 0 Å². The Balaban J connectivity index is 2.48. The summed E-state index contributed by atoms with van der Waals surface area (Å²) in [5.74, 6) is 0.701. The normalized spacial score (nSPS) is 15.6. The van der Waals surface area contributed by atoms with E-state index in [1.807, 2.05) is 6.20 Å². The molecule has 1 aromatic heterocycles. The summed E-state index contributed by atoms with van der Waals surface area (Å²) in [5, 5.41) is 8.97. The maximum atomic E-state index is 8.97. The van der Waals surface area contributed by atoms with Crippen molar-refractivity contribution in [2.75, 3.05) is 6.61 Å². The van der Waals surface area contributed by atoms with Gasteiger partial charge in [0.15, 0.2) is 0 Å². The molecule has 0 aliphatic carbocycles. The van der Waals surface area contributed by atoms with Gasteiger partial charge < -0.3 is 14.8 Å². The van der Waals surface area contributed by atoms with Gasteiger partial charge in [-0.3, -0.25) is 0 Å². The van der Waals surface area contributed by atoms with E-state index in [0.717, 1.165) is 23.2 Å². The first-order valence-electron chi connectivity index (χ1n) is 3.95. The van der Waals surface area contributed by atoms with Gasteiger partial charge in [-0.2, -0.15) is 0 Å². The lowest BCUT2D eigenvalue weighted by molar-refractivity contribution is 0.261. The number of H-pyrrole nitrogens is 1. The fraction of sp³-hybridized carbons (Fsp3) is 0.333. The molecule has 3 heteroatoms. The summed E-state index contributed by atoms with van der Waals surface area (Å²) in [6.07, 6.45) is 2.69. The van der Waals surface area contributed by atoms with E-state index >= 15 is 0 Å². The Labute approximate surface area is 70.7 Å². The van der Waals surface area contributed by atoms with Crippen LogP contribution in [0, 0.1) is 0 Å². The number of rotatable bonds is 1. The molecule has 2 N–H and O–H groups in total. The molecule has 64 valence electrons. The summed E-state index contributed by atoms with van der Waals surface area (Å²) in [6, 6.07) is 0. The van der Waals surface area contributed by atoms with Gasteiger partial charge in [0.2, 0.25) is 0 Å². The van der Waals surface area contributed by atoms with E-state index in [9.17, 15) is 0 Å². The zero-order chi connectivity index (χ0) is 8.55. The number of fused-ring (bicyclic) bond motifs is 1. The van der Waals surface area contributed by atoms with Crippen LogP contribution in [-0.2, 0) is 17.8 Å². The maximum Gasteiger partial charge on any atom is 0.121 e. The fourth-order valence-electron chi connectivity index (χ4n) is 1.53. The summed E-state index contributed by atoms with van der Waals surface area (Å²) in [5.41, 5.74) is 3.04. The van der Waals surface area contributed by atoms with E-state index in [2.05, 4.69) is 11.6 Å². The van der Waals surface area contributed by atoms with Gasteiger partial charge in [0.05, 0.1) is 13.2 Å². The van der Waals surface area contributed by atoms with Crippen LogP contribution in [0.5, 0.6) is 0 Å². The van der Waals surface area contributed by atoms with E-state index < -0.39 is 0 Å². The Morgan fingerprint density at radius 1 is 1.67 bits per heavy atom. The second kappa shape index (κ2) is 2.68. The topological polar surface area (TPSA) is 45.2 Å². The summed E-state index contributed by atoms with van der Waals surface area (Å²) >= 11 is 0. The van der Waals surface area contributed by atoms with E-state index in [4.69, 9.17) is 9.84 Å². The number of hydrogen-bond acceptors (Lipinski definition) is 2. The second-order valence-corrected chi connectivity index (χ2v) is 2.84. The lowest BCUT2D eigenvalue weighted by Gasteiger charge is -2.16. The molecular weight excluding hydrogens is 154 g/mol. The zero-order valence-electron chi connectivity index (χ0n) is 6.76. The molecule has 0 bridgehead atoms. The molecule has 2 heterocycles. The largest absolute Gasteiger partial charge is 0.493 e. The molecule has 0 radical (unpaired) electrons. The zero-order valence-corrected chi connectivity index (χ0v) is 6.76. The smallest absolute Gasteiger partial charge is 0.121 e. The fourth-order valence-corrected chi connectivity index (χ4v) is 1.53. The minimum Gasteiger partial charge on any atom is -0.493 e. The van der Waals surface area contributed by atoms with Crippen LogP contribution < -0.4 is 0 Å². The number of hydrogen-bond donors (Lipinski definition) is 2. The van der Waals surface area contributed by atoms with Crippen LogP contribution in [0.4, 0.5) is 0 Å². The van der Waals surface area contributed by atoms with Crippen LogP contribution in [0.25, 0.3) is 5.76 Å². The van der Waals surface area contributed by atoms with Crippen LogP contribution in [0.15, 0.2) is 12.8 Å². The van der Waals surface area contributed by atoms with Crippen molar-refractivity contribution in [2.45, 2.75) is 13.0 Å². The van der Waals surface area contributed by atoms with Gasteiger partial charge in [0.1, 0.15) is 5.76 Å². The molecule has 0 spiro atoms. The average molecular weight is 165 g/mol. The molecule has 3 nitrogen and oxygen atoms in total. The highest BCUT2D eigenvalue weighted by Gasteiger charge is 2.17. The van der Waals surface area contributed by atoms with E-state index in [1.165, 1.54) is 0 Å². The lowest BCUT2D eigenvalue weighted by atomic mass is 10.0. The van der Waals surface area contributed by atoms with Gasteiger partial charge >= 0.3 is 0 Å². The van der Waals surface area contributed by atoms with Gasteiger partial charge in [-0.05, 0) is 5.56 Å². The Kier molecular flexibility index (Phi) is 1.66. The molecule has 0 aromatic carbocycles. The van der Waals surface area contributed by atoms with Crippen LogP contribution in [0.2, 0.25) is 0 Å². The van der Waals surface area contributed by atoms with Crippen molar-refractivity contribution in [3.05, 3.63) is 29.6 Å². The number of aliphatic hydroxyl groups excluding tert-OH is 1. The van der Waals surface area contributed by atoms with Crippen molar-refractivity contribution in [1.29, 1.82) is 0 Å². The first kappa shape index (κ1) is 7.43. The third kappa shape index (κ3) is 0.940. The van der Waals surface area contributed by atoms with Crippen LogP contribution in [0.1, 0.15) is 16.8 Å². The van der Waals surface area contributed by atoms with Crippen molar-refractivity contribution >= 4 is 5.76 Å². The number of aliphatic hydroxyl groups is 1. The van der Waals surface area contributed by atoms with Crippen LogP contribution >= 0.6 is 0 Å². The summed E-state index contributed by atoms with van der Waals surface area (Å²) in [4.78, 5) is 3.01. The van der Waals surface area contributed by atoms with Crippen molar-refractivity contribution in [3.8, 4) is 0 Å². The molecule has 0 amide bonds. The molecule has 1 aromatic rings. The first-order valence-corrected chi connectivity index (χ1v) is 3.95. The van der Waals surface area contributed by atoms with Gasteiger partial charge in [-0.15, -0.1) is 0 Å². The molecular formula is C9H11NO2. The number of aromatic nitrogens is 1. The Hall–Kier alpha value is -1.22. The predicted molar refractivity (Wildman–Crippen MR) is 45.4 cm³/mol. The quantitative estimate of drug-likeness (QED) is 0.653. The van der Waals surface area contributed by atoms with E-state index in [0.29, 0.717) is 12.4 Å². The molecule has 0 saturated heterocycles. The monoisotopic (exact) mass is 165 g/mol. The third-order valence-corrected chi connectivity index (χ3v) is 2.17. The number of nitrogens with one attached hydrogen (secondary N) is 1. The second-order valence-electron chi connectivity index (χ2n) is 2.84. The van der Waals surface area contributed by atoms with Gasteiger partial charge in [0, 0.05) is 23.9 Å². The van der Waals surface area contributed by atoms with Crippen molar-refractivity contribution in [1.82, 2.24) is 4.98 Å². The lowest BCUT2D eigenvalue weighted by Crippen LogP contribution is -2.07. The molecule has 0 atom stereocenters. The van der Waals surface area contributed by atoms with Gasteiger partial charge in [-0.25, -0.2) is 0 Å². The van der Waals surface area contributed by atoms with Crippen molar-refractivity contribution in [3.63, 3.8) is 0 Å². The third-order valence-electron chi connectivity index (χ3n) is 2.17. The Morgan fingerprint density at radius 3 is 3.25 bits per heavy atom. The summed E-state index contributed by atoms with van der Waals surface area (Å²) in [6.45, 7) is 4.50. The molecule has 2 rings (SSSR count). The summed E-state index contributed by atoms with van der Waals surface area (Å²) in [7, 11) is 0. The maximum absolute atomic E-state index is 8.97. The average Bonchev–Trinajstić information content (AvgIpc) is 2.49. The standard InChI is InChI=1S/C9H11NO2/c1-6-8-4-10-9(5-11)7(8)2-3-12-6/h4,10-11H,1-3,5H2. The molecule has 1 aliphatic rings.